The number of aliphatic hydroxyl groups excluding tert-OH is 1. The van der Waals surface area contributed by atoms with E-state index in [9.17, 15) is 15.0 Å². The molecule has 1 fully saturated rings. The van der Waals surface area contributed by atoms with E-state index in [4.69, 9.17) is 0 Å². The summed E-state index contributed by atoms with van der Waals surface area (Å²) in [6, 6.07) is 14.2. The van der Waals surface area contributed by atoms with E-state index in [-0.39, 0.29) is 29.1 Å². The van der Waals surface area contributed by atoms with E-state index in [1.165, 1.54) is 17.1 Å². The molecule has 0 saturated carbocycles. The smallest absolute Gasteiger partial charge is 0.183 e. The highest BCUT2D eigenvalue weighted by molar-refractivity contribution is 6.03. The average Bonchev–Trinajstić information content (AvgIpc) is 3.40. The fourth-order valence-corrected chi connectivity index (χ4v) is 3.93. The van der Waals surface area contributed by atoms with Crippen molar-refractivity contribution in [3.05, 3.63) is 66.0 Å². The molecule has 0 bridgehead atoms. The van der Waals surface area contributed by atoms with Crippen LogP contribution >= 0.6 is 0 Å². The van der Waals surface area contributed by atoms with Gasteiger partial charge in [0.2, 0.25) is 0 Å². The number of aromatic nitrogens is 4. The van der Waals surface area contributed by atoms with Crippen molar-refractivity contribution in [3.8, 4) is 11.4 Å². The summed E-state index contributed by atoms with van der Waals surface area (Å²) in [6.07, 6.45) is 2.53. The molecule has 3 N–H and O–H groups in total. The van der Waals surface area contributed by atoms with Crippen LogP contribution in [0.2, 0.25) is 0 Å². The third-order valence-corrected chi connectivity index (χ3v) is 5.43. The second kappa shape index (κ2) is 7.49. The predicted molar refractivity (Wildman–Crippen MR) is 101 cm³/mol. The number of nitrogens with one attached hydrogen (secondary N) is 1. The number of carbonyl (C=O) groups is 1. The minimum Gasteiger partial charge on any atom is -0.507 e. The lowest BCUT2D eigenvalue weighted by atomic mass is 9.75. The first-order valence-corrected chi connectivity index (χ1v) is 9.13. The van der Waals surface area contributed by atoms with Crippen LogP contribution in [-0.2, 0) is 5.41 Å². The van der Waals surface area contributed by atoms with E-state index in [2.05, 4.69) is 20.8 Å². The van der Waals surface area contributed by atoms with Gasteiger partial charge in [-0.15, -0.1) is 5.10 Å². The molecule has 2 heterocycles. The molecule has 0 spiro atoms. The van der Waals surface area contributed by atoms with Crippen molar-refractivity contribution in [3.63, 3.8) is 0 Å². The maximum atomic E-state index is 13.2. The highest BCUT2D eigenvalue weighted by atomic mass is 16.3. The summed E-state index contributed by atoms with van der Waals surface area (Å²) < 4.78 is 1.43. The Morgan fingerprint density at radius 3 is 2.79 bits per heavy atom. The number of phenols is 1. The molecule has 2 atom stereocenters. The Balaban J connectivity index is 1.62. The molecular formula is C20H21N5O3. The van der Waals surface area contributed by atoms with Gasteiger partial charge in [0, 0.05) is 18.6 Å². The Morgan fingerprint density at radius 1 is 1.25 bits per heavy atom. The van der Waals surface area contributed by atoms with Crippen molar-refractivity contribution in [2.45, 2.75) is 24.3 Å². The summed E-state index contributed by atoms with van der Waals surface area (Å²) in [6.45, 7) is 0.624. The van der Waals surface area contributed by atoms with Crippen molar-refractivity contribution in [2.24, 2.45) is 0 Å². The van der Waals surface area contributed by atoms with Gasteiger partial charge in [-0.2, -0.15) is 0 Å². The molecule has 28 heavy (non-hydrogen) atoms. The topological polar surface area (TPSA) is 113 Å². The summed E-state index contributed by atoms with van der Waals surface area (Å²) in [7, 11) is 0. The average molecular weight is 379 g/mol. The molecule has 1 aliphatic heterocycles. The first-order valence-electron chi connectivity index (χ1n) is 9.13. The maximum Gasteiger partial charge on any atom is 0.183 e. The molecule has 144 valence electrons. The number of aromatic hydroxyl groups is 1. The second-order valence-electron chi connectivity index (χ2n) is 7.08. The summed E-state index contributed by atoms with van der Waals surface area (Å²) in [5.41, 5.74) is 1.59. The molecule has 0 aliphatic carbocycles. The Kier molecular flexibility index (Phi) is 4.89. The van der Waals surface area contributed by atoms with E-state index in [1.54, 1.807) is 12.1 Å². The maximum absolute atomic E-state index is 13.2. The van der Waals surface area contributed by atoms with Gasteiger partial charge in [0.05, 0.1) is 17.3 Å². The minimum atomic E-state index is -0.457. The standard InChI is InChI=1S/C20H21N5O3/c26-9-8-20(14-4-2-1-3-5-14)11-17(21-12-20)19(28)16-10-15(6-7-18(16)27)25-13-22-23-24-25/h1-7,10,13,17,21,26-27H,8-9,11-12H2. The van der Waals surface area contributed by atoms with Crippen LogP contribution in [0.1, 0.15) is 28.8 Å². The number of aliphatic hydroxyl groups is 1. The Bertz CT molecular complexity index is 961. The van der Waals surface area contributed by atoms with Crippen molar-refractivity contribution in [2.75, 3.05) is 13.2 Å². The van der Waals surface area contributed by atoms with E-state index in [1.807, 2.05) is 30.3 Å². The van der Waals surface area contributed by atoms with Gasteiger partial charge >= 0.3 is 0 Å². The van der Waals surface area contributed by atoms with Crippen molar-refractivity contribution < 1.29 is 15.0 Å². The molecule has 4 rings (SSSR count). The zero-order valence-electron chi connectivity index (χ0n) is 15.2. The fraction of sp³-hybridized carbons (Fsp3) is 0.300. The Labute approximate surface area is 161 Å². The van der Waals surface area contributed by atoms with Crippen molar-refractivity contribution in [1.82, 2.24) is 25.5 Å². The number of ketones is 1. The van der Waals surface area contributed by atoms with Gasteiger partial charge in [-0.05, 0) is 47.0 Å². The van der Waals surface area contributed by atoms with Crippen LogP contribution in [0.15, 0.2) is 54.9 Å². The van der Waals surface area contributed by atoms with Gasteiger partial charge in [0.15, 0.2) is 5.78 Å². The molecule has 2 aromatic carbocycles. The summed E-state index contributed by atoms with van der Waals surface area (Å²) in [4.78, 5) is 13.2. The minimum absolute atomic E-state index is 0.0392. The van der Waals surface area contributed by atoms with Crippen molar-refractivity contribution in [1.29, 1.82) is 0 Å². The van der Waals surface area contributed by atoms with Crippen LogP contribution in [0.25, 0.3) is 5.69 Å². The summed E-state index contributed by atoms with van der Waals surface area (Å²) in [5.74, 6) is -0.272. The quantitative estimate of drug-likeness (QED) is 0.552. The number of hydrogen-bond donors (Lipinski definition) is 3. The number of rotatable bonds is 6. The Hall–Kier alpha value is -3.10. The lowest BCUT2D eigenvalue weighted by Gasteiger charge is -2.28. The first kappa shape index (κ1) is 18.3. The van der Waals surface area contributed by atoms with Gasteiger partial charge in [-0.1, -0.05) is 30.3 Å². The third kappa shape index (κ3) is 3.28. The highest BCUT2D eigenvalue weighted by Crippen LogP contribution is 2.38. The number of hydrogen-bond acceptors (Lipinski definition) is 7. The zero-order chi connectivity index (χ0) is 19.6. The van der Waals surface area contributed by atoms with Gasteiger partial charge in [0.1, 0.15) is 12.1 Å². The van der Waals surface area contributed by atoms with Gasteiger partial charge in [-0.25, -0.2) is 4.68 Å². The molecule has 0 radical (unpaired) electrons. The molecule has 3 aromatic rings. The number of phenolic OH excluding ortho intramolecular Hbond substituents is 1. The van der Waals surface area contributed by atoms with Crippen LogP contribution in [0.4, 0.5) is 0 Å². The van der Waals surface area contributed by atoms with E-state index in [0.29, 0.717) is 25.1 Å². The number of nitrogens with zero attached hydrogens (tertiary/aromatic N) is 4. The molecule has 0 amide bonds. The summed E-state index contributed by atoms with van der Waals surface area (Å²) in [5, 5.41) is 34.2. The number of tetrazole rings is 1. The lowest BCUT2D eigenvalue weighted by Crippen LogP contribution is -2.31. The number of carbonyl (C=O) groups excluding carboxylic acids is 1. The largest absolute Gasteiger partial charge is 0.507 e. The number of Topliss-reactive ketones (excluding diaryl/α,β-unsaturated/α-hetero) is 1. The fourth-order valence-electron chi connectivity index (χ4n) is 3.93. The second-order valence-corrected chi connectivity index (χ2v) is 7.08. The first-order chi connectivity index (χ1) is 13.6. The Morgan fingerprint density at radius 2 is 2.07 bits per heavy atom. The van der Waals surface area contributed by atoms with E-state index in [0.717, 1.165) is 5.56 Å². The van der Waals surface area contributed by atoms with Gasteiger partial charge in [-0.3, -0.25) is 4.79 Å². The van der Waals surface area contributed by atoms with Crippen LogP contribution in [0.3, 0.4) is 0 Å². The summed E-state index contributed by atoms with van der Waals surface area (Å²) >= 11 is 0. The number of benzene rings is 2. The predicted octanol–water partition coefficient (Wildman–Crippen LogP) is 1.23. The van der Waals surface area contributed by atoms with Crippen LogP contribution in [-0.4, -0.2) is 55.4 Å². The molecule has 2 unspecified atom stereocenters. The normalized spacial score (nSPS) is 21.7. The third-order valence-electron chi connectivity index (χ3n) is 5.43. The molecular weight excluding hydrogens is 358 g/mol. The highest BCUT2D eigenvalue weighted by Gasteiger charge is 2.43. The lowest BCUT2D eigenvalue weighted by molar-refractivity contribution is 0.0945. The monoisotopic (exact) mass is 379 g/mol. The molecule has 8 heteroatoms. The van der Waals surface area contributed by atoms with Crippen LogP contribution < -0.4 is 5.32 Å². The molecule has 1 saturated heterocycles. The zero-order valence-corrected chi connectivity index (χ0v) is 15.2. The van der Waals surface area contributed by atoms with Crippen molar-refractivity contribution >= 4 is 5.78 Å². The van der Waals surface area contributed by atoms with E-state index < -0.39 is 6.04 Å². The SMILES string of the molecule is O=C(c1cc(-n2cnnn2)ccc1O)C1CC(CCO)(c2ccccc2)CN1. The van der Waals surface area contributed by atoms with E-state index >= 15 is 0 Å². The molecule has 1 aromatic heterocycles. The molecule has 8 nitrogen and oxygen atoms in total. The van der Waals surface area contributed by atoms with Gasteiger partial charge < -0.3 is 15.5 Å². The van der Waals surface area contributed by atoms with Crippen LogP contribution in [0.5, 0.6) is 5.75 Å². The van der Waals surface area contributed by atoms with Gasteiger partial charge in [0.25, 0.3) is 0 Å². The molecule has 1 aliphatic rings. The van der Waals surface area contributed by atoms with Crippen LogP contribution in [0, 0.1) is 0 Å².